The Balaban J connectivity index is 2.02. The highest BCUT2D eigenvalue weighted by atomic mass is 19.1. The fraction of sp³-hybridized carbons (Fsp3) is 0.211. The maximum Gasteiger partial charge on any atom is 0.339 e. The first-order valence-electron chi connectivity index (χ1n) is 7.78. The second-order valence-electron chi connectivity index (χ2n) is 5.52. The summed E-state index contributed by atoms with van der Waals surface area (Å²) in [6, 6.07) is 9.99. The maximum absolute atomic E-state index is 13.7. The first-order valence-corrected chi connectivity index (χ1v) is 7.78. The van der Waals surface area contributed by atoms with Gasteiger partial charge in [-0.05, 0) is 44.2 Å². The number of methoxy groups -OCH3 is 1. The third kappa shape index (κ3) is 4.66. The number of benzene rings is 2. The Hall–Kier alpha value is -3.22. The number of nitrogens with one attached hydrogen (secondary N) is 1. The quantitative estimate of drug-likeness (QED) is 0.633. The molecule has 0 unspecified atom stereocenters. The van der Waals surface area contributed by atoms with E-state index in [2.05, 4.69) is 5.32 Å². The maximum atomic E-state index is 13.7. The number of ether oxygens (including phenoxy) is 2. The number of halogens is 1. The highest BCUT2D eigenvalue weighted by Crippen LogP contribution is 2.19. The van der Waals surface area contributed by atoms with Gasteiger partial charge in [-0.1, -0.05) is 12.1 Å². The van der Waals surface area contributed by atoms with Crippen LogP contribution in [0.15, 0.2) is 42.5 Å². The van der Waals surface area contributed by atoms with Gasteiger partial charge in [0.05, 0.1) is 12.7 Å². The molecule has 0 aliphatic carbocycles. The van der Waals surface area contributed by atoms with Crippen molar-refractivity contribution < 1.29 is 28.2 Å². The molecule has 26 heavy (non-hydrogen) atoms. The lowest BCUT2D eigenvalue weighted by atomic mass is 10.1. The van der Waals surface area contributed by atoms with Crippen molar-refractivity contribution in [2.45, 2.75) is 20.0 Å². The van der Waals surface area contributed by atoms with E-state index in [-0.39, 0.29) is 17.1 Å². The monoisotopic (exact) mass is 359 g/mol. The van der Waals surface area contributed by atoms with E-state index in [0.717, 1.165) is 6.07 Å². The molecule has 1 atom stereocenters. The fourth-order valence-electron chi connectivity index (χ4n) is 2.14. The zero-order valence-electron chi connectivity index (χ0n) is 14.5. The molecule has 0 aliphatic heterocycles. The lowest BCUT2D eigenvalue weighted by molar-refractivity contribution is -0.123. The Kier molecular flexibility index (Phi) is 6.06. The van der Waals surface area contributed by atoms with E-state index in [1.54, 1.807) is 18.2 Å². The minimum absolute atomic E-state index is 0.00213. The van der Waals surface area contributed by atoms with Crippen molar-refractivity contribution in [1.82, 2.24) is 0 Å². The number of carbonyl (C=O) groups excluding carboxylic acids is 3. The molecule has 0 saturated carbocycles. The van der Waals surface area contributed by atoms with Crippen molar-refractivity contribution in [3.05, 3.63) is 59.4 Å². The molecule has 0 fully saturated rings. The lowest BCUT2D eigenvalue weighted by Gasteiger charge is -2.14. The van der Waals surface area contributed by atoms with Gasteiger partial charge in [0.1, 0.15) is 0 Å². The minimum atomic E-state index is -1.12. The second kappa shape index (κ2) is 8.24. The molecule has 7 heteroatoms. The molecule has 0 aromatic heterocycles. The zero-order chi connectivity index (χ0) is 19.3. The molecule has 0 aliphatic rings. The summed E-state index contributed by atoms with van der Waals surface area (Å²) >= 11 is 0. The van der Waals surface area contributed by atoms with Gasteiger partial charge in [0.15, 0.2) is 23.5 Å². The Morgan fingerprint density at radius 3 is 2.42 bits per heavy atom. The van der Waals surface area contributed by atoms with Crippen LogP contribution >= 0.6 is 0 Å². The van der Waals surface area contributed by atoms with Crippen LogP contribution in [0.5, 0.6) is 5.75 Å². The summed E-state index contributed by atoms with van der Waals surface area (Å²) in [5.74, 6) is -2.26. The van der Waals surface area contributed by atoms with Gasteiger partial charge in [-0.2, -0.15) is 0 Å². The summed E-state index contributed by atoms with van der Waals surface area (Å²) in [6.45, 7) is 2.81. The molecule has 0 saturated heterocycles. The summed E-state index contributed by atoms with van der Waals surface area (Å²) in [6.07, 6.45) is -1.12. The van der Waals surface area contributed by atoms with E-state index in [0.29, 0.717) is 11.3 Å². The summed E-state index contributed by atoms with van der Waals surface area (Å²) in [5.41, 5.74) is 0.809. The standard InChI is InChI=1S/C19H18FNO5/c1-11(22)13-5-4-6-15(9-13)21-18(23)12(2)26-19(24)14-7-8-17(25-3)16(20)10-14/h4-10,12H,1-3H3,(H,21,23)/t12-/m1/s1. The van der Waals surface area contributed by atoms with E-state index >= 15 is 0 Å². The molecule has 1 amide bonds. The zero-order valence-corrected chi connectivity index (χ0v) is 14.5. The molecule has 2 aromatic carbocycles. The number of rotatable bonds is 6. The molecule has 1 N–H and O–H groups in total. The number of carbonyl (C=O) groups is 3. The normalized spacial score (nSPS) is 11.4. The molecular weight excluding hydrogens is 341 g/mol. The van der Waals surface area contributed by atoms with Crippen LogP contribution in [0.3, 0.4) is 0 Å². The van der Waals surface area contributed by atoms with Gasteiger partial charge in [-0.3, -0.25) is 9.59 Å². The van der Waals surface area contributed by atoms with E-state index in [1.807, 2.05) is 0 Å². The van der Waals surface area contributed by atoms with Crippen LogP contribution in [0, 0.1) is 5.82 Å². The van der Waals surface area contributed by atoms with Crippen molar-refractivity contribution >= 4 is 23.3 Å². The molecule has 136 valence electrons. The fourth-order valence-corrected chi connectivity index (χ4v) is 2.14. The topological polar surface area (TPSA) is 81.7 Å². The van der Waals surface area contributed by atoms with Crippen molar-refractivity contribution in [2.24, 2.45) is 0 Å². The van der Waals surface area contributed by atoms with Gasteiger partial charge in [0.2, 0.25) is 0 Å². The van der Waals surface area contributed by atoms with E-state index in [9.17, 15) is 18.8 Å². The molecule has 2 aromatic rings. The van der Waals surface area contributed by atoms with E-state index in [1.165, 1.54) is 39.2 Å². The third-order valence-electron chi connectivity index (χ3n) is 3.58. The molecule has 0 heterocycles. The smallest absolute Gasteiger partial charge is 0.339 e. The van der Waals surface area contributed by atoms with Gasteiger partial charge in [-0.15, -0.1) is 0 Å². The van der Waals surface area contributed by atoms with Crippen LogP contribution < -0.4 is 10.1 Å². The van der Waals surface area contributed by atoms with Crippen LogP contribution in [-0.4, -0.2) is 30.9 Å². The van der Waals surface area contributed by atoms with Crippen LogP contribution in [0.1, 0.15) is 34.6 Å². The van der Waals surface area contributed by atoms with Crippen LogP contribution in [0.25, 0.3) is 0 Å². The third-order valence-corrected chi connectivity index (χ3v) is 3.58. The van der Waals surface area contributed by atoms with Gasteiger partial charge in [0, 0.05) is 11.3 Å². The Morgan fingerprint density at radius 1 is 1.08 bits per heavy atom. The van der Waals surface area contributed by atoms with E-state index in [4.69, 9.17) is 9.47 Å². The molecule has 2 rings (SSSR count). The number of ketones is 1. The van der Waals surface area contributed by atoms with Gasteiger partial charge in [0.25, 0.3) is 5.91 Å². The number of hydrogen-bond acceptors (Lipinski definition) is 5. The highest BCUT2D eigenvalue weighted by Gasteiger charge is 2.20. The SMILES string of the molecule is COc1ccc(C(=O)O[C@H](C)C(=O)Nc2cccc(C(C)=O)c2)cc1F. The molecule has 6 nitrogen and oxygen atoms in total. The van der Waals surface area contributed by atoms with Crippen LogP contribution in [0.4, 0.5) is 10.1 Å². The van der Waals surface area contributed by atoms with Crippen molar-refractivity contribution in [3.8, 4) is 5.75 Å². The summed E-state index contributed by atoms with van der Waals surface area (Å²) in [7, 11) is 1.31. The number of Topliss-reactive ketones (excluding diaryl/α,β-unsaturated/α-hetero) is 1. The second-order valence-corrected chi connectivity index (χ2v) is 5.52. The number of anilines is 1. The first-order chi connectivity index (χ1) is 12.3. The summed E-state index contributed by atoms with van der Waals surface area (Å²) < 4.78 is 23.5. The predicted octanol–water partition coefficient (Wildman–Crippen LogP) is 3.22. The van der Waals surface area contributed by atoms with Gasteiger partial charge >= 0.3 is 5.97 Å². The number of amides is 1. The van der Waals surface area contributed by atoms with Gasteiger partial charge in [-0.25, -0.2) is 9.18 Å². The largest absolute Gasteiger partial charge is 0.494 e. The molecule has 0 spiro atoms. The average Bonchev–Trinajstić information content (AvgIpc) is 2.61. The molecular formula is C19H18FNO5. The van der Waals surface area contributed by atoms with Crippen molar-refractivity contribution in [2.75, 3.05) is 12.4 Å². The highest BCUT2D eigenvalue weighted by molar-refractivity contribution is 5.99. The van der Waals surface area contributed by atoms with E-state index < -0.39 is 23.8 Å². The molecule has 0 bridgehead atoms. The predicted molar refractivity (Wildman–Crippen MR) is 92.9 cm³/mol. The lowest BCUT2D eigenvalue weighted by Crippen LogP contribution is -2.30. The van der Waals surface area contributed by atoms with Crippen LogP contribution in [0.2, 0.25) is 0 Å². The number of hydrogen-bond donors (Lipinski definition) is 1. The van der Waals surface area contributed by atoms with Crippen molar-refractivity contribution in [1.29, 1.82) is 0 Å². The summed E-state index contributed by atoms with van der Waals surface area (Å²) in [4.78, 5) is 35.6. The first kappa shape index (κ1) is 19.1. The Morgan fingerprint density at radius 2 is 1.81 bits per heavy atom. The van der Waals surface area contributed by atoms with Gasteiger partial charge < -0.3 is 14.8 Å². The Labute approximate surface area is 149 Å². The average molecular weight is 359 g/mol. The van der Waals surface area contributed by atoms with Crippen molar-refractivity contribution in [3.63, 3.8) is 0 Å². The Bertz CT molecular complexity index is 850. The number of esters is 1. The van der Waals surface area contributed by atoms with Crippen LogP contribution in [-0.2, 0) is 9.53 Å². The molecule has 0 radical (unpaired) electrons. The summed E-state index contributed by atoms with van der Waals surface area (Å²) in [5, 5.41) is 2.56. The minimum Gasteiger partial charge on any atom is -0.494 e.